The highest BCUT2D eigenvalue weighted by molar-refractivity contribution is 5.77. The summed E-state index contributed by atoms with van der Waals surface area (Å²) >= 11 is 0. The van der Waals surface area contributed by atoms with Crippen LogP contribution in [0.25, 0.3) is 0 Å². The fraction of sp³-hybridized carbons (Fsp3) is 0.588. The van der Waals surface area contributed by atoms with E-state index in [1.54, 1.807) is 0 Å². The lowest BCUT2D eigenvalue weighted by Crippen LogP contribution is -2.29. The number of amides is 1. The largest absolute Gasteiger partial charge is 0.483 e. The van der Waals surface area contributed by atoms with Crippen LogP contribution < -0.4 is 10.1 Å². The Labute approximate surface area is 122 Å². The molecule has 0 fully saturated rings. The molecule has 20 heavy (non-hydrogen) atoms. The van der Waals surface area contributed by atoms with Crippen molar-refractivity contribution >= 4 is 5.91 Å². The van der Waals surface area contributed by atoms with Gasteiger partial charge in [0.1, 0.15) is 5.75 Å². The molecular formula is C17H27NO2. The Morgan fingerprint density at radius 1 is 1.20 bits per heavy atom. The SMILES string of the molecule is CCCCCCNC(=O)COc1ccccc1C(C)C. The quantitative estimate of drug-likeness (QED) is 0.695. The van der Waals surface area contributed by atoms with E-state index in [1.807, 2.05) is 24.3 Å². The first-order chi connectivity index (χ1) is 9.65. The molecule has 0 saturated carbocycles. The predicted octanol–water partition coefficient (Wildman–Crippen LogP) is 3.89. The van der Waals surface area contributed by atoms with Crippen LogP contribution >= 0.6 is 0 Å². The van der Waals surface area contributed by atoms with Crippen molar-refractivity contribution in [2.75, 3.05) is 13.2 Å². The van der Waals surface area contributed by atoms with Crippen molar-refractivity contribution in [2.24, 2.45) is 0 Å². The predicted molar refractivity (Wildman–Crippen MR) is 83.2 cm³/mol. The van der Waals surface area contributed by atoms with E-state index in [2.05, 4.69) is 26.1 Å². The molecule has 0 aliphatic carbocycles. The Kier molecular flexibility index (Phi) is 7.78. The lowest BCUT2D eigenvalue weighted by molar-refractivity contribution is -0.123. The Bertz CT molecular complexity index is 402. The molecule has 0 aromatic heterocycles. The maximum absolute atomic E-state index is 11.7. The van der Waals surface area contributed by atoms with E-state index in [0.717, 1.165) is 24.3 Å². The fourth-order valence-corrected chi connectivity index (χ4v) is 2.06. The number of hydrogen-bond donors (Lipinski definition) is 1. The number of nitrogens with one attached hydrogen (secondary N) is 1. The average molecular weight is 277 g/mol. The molecule has 1 aromatic rings. The molecule has 0 radical (unpaired) electrons. The Balaban J connectivity index is 2.30. The molecule has 112 valence electrons. The second-order valence-electron chi connectivity index (χ2n) is 5.39. The second kappa shape index (κ2) is 9.40. The normalized spacial score (nSPS) is 10.6. The van der Waals surface area contributed by atoms with Crippen LogP contribution in [0.4, 0.5) is 0 Å². The van der Waals surface area contributed by atoms with Gasteiger partial charge in [-0.1, -0.05) is 58.2 Å². The Morgan fingerprint density at radius 2 is 1.95 bits per heavy atom. The molecule has 0 aliphatic rings. The molecule has 0 heterocycles. The molecule has 0 unspecified atom stereocenters. The van der Waals surface area contributed by atoms with Gasteiger partial charge in [0.05, 0.1) is 0 Å². The summed E-state index contributed by atoms with van der Waals surface area (Å²) < 4.78 is 5.63. The molecule has 1 N–H and O–H groups in total. The molecule has 0 saturated heterocycles. The summed E-state index contributed by atoms with van der Waals surface area (Å²) in [5.41, 5.74) is 1.14. The zero-order valence-corrected chi connectivity index (χ0v) is 12.9. The number of hydrogen-bond acceptors (Lipinski definition) is 2. The third-order valence-corrected chi connectivity index (χ3v) is 3.25. The Hall–Kier alpha value is -1.51. The van der Waals surface area contributed by atoms with Gasteiger partial charge in [0.2, 0.25) is 0 Å². The van der Waals surface area contributed by atoms with Gasteiger partial charge in [-0.15, -0.1) is 0 Å². The van der Waals surface area contributed by atoms with Crippen LogP contribution in [0.1, 0.15) is 57.9 Å². The summed E-state index contributed by atoms with van der Waals surface area (Å²) in [5, 5.41) is 2.90. The summed E-state index contributed by atoms with van der Waals surface area (Å²) in [7, 11) is 0. The van der Waals surface area contributed by atoms with Gasteiger partial charge in [-0.05, 0) is 24.0 Å². The molecule has 3 heteroatoms. The summed E-state index contributed by atoms with van der Waals surface area (Å²) in [5.74, 6) is 1.16. The lowest BCUT2D eigenvalue weighted by atomic mass is 10.0. The molecule has 1 amide bonds. The standard InChI is InChI=1S/C17H27NO2/c1-4-5-6-9-12-18-17(19)13-20-16-11-8-7-10-15(16)14(2)3/h7-8,10-11,14H,4-6,9,12-13H2,1-3H3,(H,18,19). The number of ether oxygens (including phenoxy) is 1. The van der Waals surface area contributed by atoms with Crippen molar-refractivity contribution in [3.63, 3.8) is 0 Å². The molecule has 0 bridgehead atoms. The van der Waals surface area contributed by atoms with Gasteiger partial charge in [0, 0.05) is 6.54 Å². The minimum atomic E-state index is -0.0416. The summed E-state index contributed by atoms with van der Waals surface area (Å²) in [4.78, 5) is 11.7. The van der Waals surface area contributed by atoms with Gasteiger partial charge in [0.15, 0.2) is 6.61 Å². The number of unbranched alkanes of at least 4 members (excludes halogenated alkanes) is 3. The highest BCUT2D eigenvalue weighted by Gasteiger charge is 2.08. The maximum atomic E-state index is 11.7. The summed E-state index contributed by atoms with van der Waals surface area (Å²) in [6.45, 7) is 7.26. The molecule has 0 atom stereocenters. The molecule has 3 nitrogen and oxygen atoms in total. The van der Waals surface area contributed by atoms with Gasteiger partial charge in [-0.2, -0.15) is 0 Å². The van der Waals surface area contributed by atoms with E-state index >= 15 is 0 Å². The van der Waals surface area contributed by atoms with E-state index in [4.69, 9.17) is 4.74 Å². The lowest BCUT2D eigenvalue weighted by Gasteiger charge is -2.13. The van der Waals surface area contributed by atoms with E-state index < -0.39 is 0 Å². The first kappa shape index (κ1) is 16.5. The van der Waals surface area contributed by atoms with Crippen molar-refractivity contribution in [1.82, 2.24) is 5.32 Å². The van der Waals surface area contributed by atoms with Crippen LogP contribution in [-0.4, -0.2) is 19.1 Å². The van der Waals surface area contributed by atoms with Crippen LogP contribution in [0.5, 0.6) is 5.75 Å². The summed E-state index contributed by atoms with van der Waals surface area (Å²) in [6.07, 6.45) is 4.66. The first-order valence-corrected chi connectivity index (χ1v) is 7.63. The van der Waals surface area contributed by atoms with Gasteiger partial charge in [-0.25, -0.2) is 0 Å². The number of carbonyl (C=O) groups is 1. The number of carbonyl (C=O) groups excluding carboxylic acids is 1. The molecule has 1 aromatic carbocycles. The van der Waals surface area contributed by atoms with Crippen LogP contribution in [-0.2, 0) is 4.79 Å². The average Bonchev–Trinajstić information content (AvgIpc) is 2.45. The third-order valence-electron chi connectivity index (χ3n) is 3.25. The zero-order chi connectivity index (χ0) is 14.8. The minimum Gasteiger partial charge on any atom is -0.483 e. The van der Waals surface area contributed by atoms with Crippen molar-refractivity contribution in [1.29, 1.82) is 0 Å². The summed E-state index contributed by atoms with van der Waals surface area (Å²) in [6, 6.07) is 7.90. The third kappa shape index (κ3) is 6.09. The monoisotopic (exact) mass is 277 g/mol. The van der Waals surface area contributed by atoms with Crippen molar-refractivity contribution < 1.29 is 9.53 Å². The van der Waals surface area contributed by atoms with E-state index in [9.17, 15) is 4.79 Å². The molecule has 0 aliphatic heterocycles. The van der Waals surface area contributed by atoms with Crippen LogP contribution in [0.3, 0.4) is 0 Å². The Morgan fingerprint density at radius 3 is 2.65 bits per heavy atom. The minimum absolute atomic E-state index is 0.0416. The van der Waals surface area contributed by atoms with Gasteiger partial charge in [-0.3, -0.25) is 4.79 Å². The van der Waals surface area contributed by atoms with Gasteiger partial charge in [0.25, 0.3) is 5.91 Å². The smallest absolute Gasteiger partial charge is 0.257 e. The number of benzene rings is 1. The van der Waals surface area contributed by atoms with Crippen LogP contribution in [0.2, 0.25) is 0 Å². The van der Waals surface area contributed by atoms with Crippen LogP contribution in [0.15, 0.2) is 24.3 Å². The second-order valence-corrected chi connectivity index (χ2v) is 5.39. The van der Waals surface area contributed by atoms with E-state index in [0.29, 0.717) is 5.92 Å². The topological polar surface area (TPSA) is 38.3 Å². The first-order valence-electron chi connectivity index (χ1n) is 7.63. The fourth-order valence-electron chi connectivity index (χ4n) is 2.06. The van der Waals surface area contributed by atoms with E-state index in [-0.39, 0.29) is 12.5 Å². The van der Waals surface area contributed by atoms with Crippen molar-refractivity contribution in [2.45, 2.75) is 52.4 Å². The molecule has 0 spiro atoms. The van der Waals surface area contributed by atoms with Crippen molar-refractivity contribution in [3.8, 4) is 5.75 Å². The highest BCUT2D eigenvalue weighted by Crippen LogP contribution is 2.25. The highest BCUT2D eigenvalue weighted by atomic mass is 16.5. The van der Waals surface area contributed by atoms with Crippen LogP contribution in [0, 0.1) is 0 Å². The molecular weight excluding hydrogens is 250 g/mol. The number of para-hydroxylation sites is 1. The zero-order valence-electron chi connectivity index (χ0n) is 12.9. The maximum Gasteiger partial charge on any atom is 0.257 e. The van der Waals surface area contributed by atoms with Gasteiger partial charge >= 0.3 is 0 Å². The molecule has 1 rings (SSSR count). The number of rotatable bonds is 9. The van der Waals surface area contributed by atoms with Gasteiger partial charge < -0.3 is 10.1 Å². The van der Waals surface area contributed by atoms with E-state index in [1.165, 1.54) is 19.3 Å². The van der Waals surface area contributed by atoms with Crippen molar-refractivity contribution in [3.05, 3.63) is 29.8 Å².